The van der Waals surface area contributed by atoms with Crippen molar-refractivity contribution >= 4 is 17.5 Å². The third-order valence-corrected chi connectivity index (χ3v) is 3.90. The van der Waals surface area contributed by atoms with Crippen LogP contribution in [0, 0.1) is 0 Å². The number of hydrogen-bond acceptors (Lipinski definition) is 6. The van der Waals surface area contributed by atoms with Gasteiger partial charge in [-0.1, -0.05) is 12.1 Å². The van der Waals surface area contributed by atoms with Gasteiger partial charge in [0.25, 0.3) is 11.8 Å². The lowest BCUT2D eigenvalue weighted by Gasteiger charge is -2.14. The van der Waals surface area contributed by atoms with Gasteiger partial charge in [0.15, 0.2) is 18.1 Å². The van der Waals surface area contributed by atoms with Crippen LogP contribution in [0.4, 0.5) is 5.69 Å². The van der Waals surface area contributed by atoms with Gasteiger partial charge in [0, 0.05) is 18.2 Å². The molecule has 1 atom stereocenters. The molecule has 28 heavy (non-hydrogen) atoms. The van der Waals surface area contributed by atoms with Gasteiger partial charge in [-0.3, -0.25) is 9.59 Å². The zero-order chi connectivity index (χ0) is 20.5. The lowest BCUT2D eigenvalue weighted by atomic mass is 10.1. The standard InChI is InChI=1S/C20H25N3O5/c1-13(11-21)22-20(25)14-8-9-17(18(10-14)27-3)28-12-19(24)23-15-6-4-5-7-16(15)26-2/h4-10,13H,11-12,21H2,1-3H3,(H,22,25)(H,23,24)/t13-/m0/s1. The number of hydrogen-bond donors (Lipinski definition) is 3. The highest BCUT2D eigenvalue weighted by molar-refractivity contribution is 5.95. The molecule has 2 rings (SSSR count). The molecule has 4 N–H and O–H groups in total. The number of anilines is 1. The Hall–Kier alpha value is -3.26. The maximum Gasteiger partial charge on any atom is 0.262 e. The normalized spacial score (nSPS) is 11.3. The number of benzene rings is 2. The first kappa shape index (κ1) is 21.0. The van der Waals surface area contributed by atoms with Crippen molar-refractivity contribution in [2.75, 3.05) is 32.7 Å². The van der Waals surface area contributed by atoms with Gasteiger partial charge in [-0.15, -0.1) is 0 Å². The minimum absolute atomic E-state index is 0.145. The van der Waals surface area contributed by atoms with Crippen molar-refractivity contribution in [2.45, 2.75) is 13.0 Å². The van der Waals surface area contributed by atoms with Crippen LogP contribution in [-0.4, -0.2) is 45.2 Å². The minimum Gasteiger partial charge on any atom is -0.495 e. The van der Waals surface area contributed by atoms with Crippen LogP contribution in [-0.2, 0) is 4.79 Å². The second-order valence-electron chi connectivity index (χ2n) is 6.01. The van der Waals surface area contributed by atoms with Gasteiger partial charge in [-0.05, 0) is 37.3 Å². The maximum absolute atomic E-state index is 12.2. The Bertz CT molecular complexity index is 825. The van der Waals surface area contributed by atoms with Gasteiger partial charge in [0.2, 0.25) is 0 Å². The number of ether oxygens (including phenoxy) is 3. The molecule has 0 saturated carbocycles. The SMILES string of the molecule is COc1ccccc1NC(=O)COc1ccc(C(=O)N[C@@H](C)CN)cc1OC. The van der Waals surface area contributed by atoms with Crippen molar-refractivity contribution in [2.24, 2.45) is 5.73 Å². The van der Waals surface area contributed by atoms with E-state index in [1.54, 1.807) is 36.4 Å². The van der Waals surface area contributed by atoms with E-state index in [2.05, 4.69) is 10.6 Å². The van der Waals surface area contributed by atoms with E-state index in [9.17, 15) is 9.59 Å². The fourth-order valence-corrected chi connectivity index (χ4v) is 2.37. The molecule has 0 aliphatic carbocycles. The van der Waals surface area contributed by atoms with E-state index in [1.807, 2.05) is 13.0 Å². The number of nitrogens with two attached hydrogens (primary N) is 1. The van der Waals surface area contributed by atoms with Gasteiger partial charge < -0.3 is 30.6 Å². The highest BCUT2D eigenvalue weighted by atomic mass is 16.5. The molecule has 0 unspecified atom stereocenters. The first-order chi connectivity index (χ1) is 13.5. The quantitative estimate of drug-likeness (QED) is 0.605. The Morgan fingerprint density at radius 1 is 1.04 bits per heavy atom. The summed E-state index contributed by atoms with van der Waals surface area (Å²) >= 11 is 0. The molecule has 0 bridgehead atoms. The number of rotatable bonds is 9. The fraction of sp³-hybridized carbons (Fsp3) is 0.300. The fourth-order valence-electron chi connectivity index (χ4n) is 2.37. The van der Waals surface area contributed by atoms with Crippen molar-refractivity contribution in [1.29, 1.82) is 0 Å². The van der Waals surface area contributed by atoms with Crippen LogP contribution in [0.15, 0.2) is 42.5 Å². The van der Waals surface area contributed by atoms with E-state index in [4.69, 9.17) is 19.9 Å². The molecule has 0 saturated heterocycles. The Morgan fingerprint density at radius 2 is 1.75 bits per heavy atom. The van der Waals surface area contributed by atoms with E-state index < -0.39 is 0 Å². The van der Waals surface area contributed by atoms with Crippen LogP contribution in [0.5, 0.6) is 17.2 Å². The summed E-state index contributed by atoms with van der Waals surface area (Å²) in [5.41, 5.74) is 6.47. The maximum atomic E-state index is 12.2. The van der Waals surface area contributed by atoms with Crippen molar-refractivity contribution in [1.82, 2.24) is 5.32 Å². The van der Waals surface area contributed by atoms with E-state index >= 15 is 0 Å². The van der Waals surface area contributed by atoms with E-state index in [-0.39, 0.29) is 24.5 Å². The first-order valence-corrected chi connectivity index (χ1v) is 8.73. The molecule has 8 nitrogen and oxygen atoms in total. The molecule has 0 aliphatic rings. The first-order valence-electron chi connectivity index (χ1n) is 8.73. The van der Waals surface area contributed by atoms with Crippen LogP contribution in [0.2, 0.25) is 0 Å². The average molecular weight is 387 g/mol. The summed E-state index contributed by atoms with van der Waals surface area (Å²) in [6, 6.07) is 11.6. The zero-order valence-corrected chi connectivity index (χ0v) is 16.2. The molecule has 2 aromatic rings. The summed E-state index contributed by atoms with van der Waals surface area (Å²) < 4.78 is 16.0. The summed E-state index contributed by atoms with van der Waals surface area (Å²) in [6.07, 6.45) is 0. The molecule has 0 heterocycles. The molecule has 0 fully saturated rings. The molecule has 0 radical (unpaired) electrons. The molecule has 0 aliphatic heterocycles. The van der Waals surface area contributed by atoms with Gasteiger partial charge >= 0.3 is 0 Å². The second-order valence-corrected chi connectivity index (χ2v) is 6.01. The Kier molecular flexibility index (Phi) is 7.65. The van der Waals surface area contributed by atoms with E-state index in [0.717, 1.165) is 0 Å². The number of carbonyl (C=O) groups is 2. The van der Waals surface area contributed by atoms with Crippen LogP contribution in [0.25, 0.3) is 0 Å². The van der Waals surface area contributed by atoms with E-state index in [0.29, 0.717) is 35.0 Å². The second kappa shape index (κ2) is 10.2. The lowest BCUT2D eigenvalue weighted by molar-refractivity contribution is -0.118. The molecule has 8 heteroatoms. The number of para-hydroxylation sites is 2. The average Bonchev–Trinajstić information content (AvgIpc) is 2.72. The summed E-state index contributed by atoms with van der Waals surface area (Å²) in [5, 5.41) is 5.49. The highest BCUT2D eigenvalue weighted by Crippen LogP contribution is 2.28. The van der Waals surface area contributed by atoms with Crippen molar-refractivity contribution in [3.8, 4) is 17.2 Å². The third kappa shape index (κ3) is 5.62. The van der Waals surface area contributed by atoms with Crippen LogP contribution in [0.3, 0.4) is 0 Å². The molecular formula is C20H25N3O5. The Labute approximate surface area is 164 Å². The largest absolute Gasteiger partial charge is 0.495 e. The number of carbonyl (C=O) groups excluding carboxylic acids is 2. The number of nitrogens with one attached hydrogen (secondary N) is 2. The molecule has 2 aromatic carbocycles. The summed E-state index contributed by atoms with van der Waals surface area (Å²) in [6.45, 7) is 1.92. The predicted octanol–water partition coefficient (Wildman–Crippen LogP) is 1.80. The Balaban J connectivity index is 2.01. The van der Waals surface area contributed by atoms with Crippen LogP contribution in [0.1, 0.15) is 17.3 Å². The monoisotopic (exact) mass is 387 g/mol. The number of methoxy groups -OCH3 is 2. The highest BCUT2D eigenvalue weighted by Gasteiger charge is 2.14. The van der Waals surface area contributed by atoms with Gasteiger partial charge in [-0.2, -0.15) is 0 Å². The molecule has 0 aromatic heterocycles. The van der Waals surface area contributed by atoms with Crippen molar-refractivity contribution < 1.29 is 23.8 Å². The molecule has 2 amide bonds. The summed E-state index contributed by atoms with van der Waals surface area (Å²) in [5.74, 6) is 0.622. The van der Waals surface area contributed by atoms with E-state index in [1.165, 1.54) is 14.2 Å². The van der Waals surface area contributed by atoms with Crippen LogP contribution >= 0.6 is 0 Å². The molecule has 150 valence electrons. The smallest absolute Gasteiger partial charge is 0.262 e. The topological polar surface area (TPSA) is 112 Å². The van der Waals surface area contributed by atoms with Crippen molar-refractivity contribution in [3.05, 3.63) is 48.0 Å². The Morgan fingerprint density at radius 3 is 2.43 bits per heavy atom. The zero-order valence-electron chi connectivity index (χ0n) is 16.2. The molecule has 0 spiro atoms. The third-order valence-electron chi connectivity index (χ3n) is 3.90. The van der Waals surface area contributed by atoms with Gasteiger partial charge in [-0.25, -0.2) is 0 Å². The van der Waals surface area contributed by atoms with Gasteiger partial charge in [0.05, 0.1) is 19.9 Å². The lowest BCUT2D eigenvalue weighted by Crippen LogP contribution is -2.37. The van der Waals surface area contributed by atoms with Crippen molar-refractivity contribution in [3.63, 3.8) is 0 Å². The molecular weight excluding hydrogens is 362 g/mol. The van der Waals surface area contributed by atoms with Gasteiger partial charge in [0.1, 0.15) is 5.75 Å². The van der Waals surface area contributed by atoms with Crippen LogP contribution < -0.4 is 30.6 Å². The minimum atomic E-state index is -0.356. The number of amides is 2. The summed E-state index contributed by atoms with van der Waals surface area (Å²) in [4.78, 5) is 24.4. The predicted molar refractivity (Wildman–Crippen MR) is 106 cm³/mol. The summed E-state index contributed by atoms with van der Waals surface area (Å²) in [7, 11) is 2.99.